The number of hydrogen-bond donors (Lipinski definition) is 3. The highest BCUT2D eigenvalue weighted by Crippen LogP contribution is 2.33. The third kappa shape index (κ3) is 4.76. The first kappa shape index (κ1) is 17.4. The van der Waals surface area contributed by atoms with E-state index in [4.69, 9.17) is 34.8 Å². The number of rotatable bonds is 4. The molecule has 2 aromatic carbocycles. The monoisotopic (exact) mass is 371 g/mol. The lowest BCUT2D eigenvalue weighted by atomic mass is 10.2. The predicted molar refractivity (Wildman–Crippen MR) is 93.3 cm³/mol. The number of carbonyl (C=O) groups excluding carboxylic acids is 2. The van der Waals surface area contributed by atoms with Gasteiger partial charge in [-0.05, 0) is 36.4 Å². The standard InChI is InChI=1S/C15H12Cl3N3O2/c1-8(22)19-11-4-2-9(3-5-11)15(23)21-20-14-12(17)6-10(16)7-13(14)18/h2-7,20H,1H3,(H,19,22)(H,21,23). The molecule has 2 amide bonds. The van der Waals surface area contributed by atoms with Crippen molar-refractivity contribution in [1.29, 1.82) is 0 Å². The molecule has 0 saturated heterocycles. The van der Waals surface area contributed by atoms with Gasteiger partial charge in [-0.1, -0.05) is 34.8 Å². The van der Waals surface area contributed by atoms with Crippen molar-refractivity contribution in [3.63, 3.8) is 0 Å². The summed E-state index contributed by atoms with van der Waals surface area (Å²) < 4.78 is 0. The van der Waals surface area contributed by atoms with Crippen LogP contribution in [-0.2, 0) is 4.79 Å². The van der Waals surface area contributed by atoms with Crippen LogP contribution >= 0.6 is 34.8 Å². The molecule has 23 heavy (non-hydrogen) atoms. The molecule has 8 heteroatoms. The van der Waals surface area contributed by atoms with Crippen LogP contribution in [0.5, 0.6) is 0 Å². The van der Waals surface area contributed by atoms with E-state index in [9.17, 15) is 9.59 Å². The topological polar surface area (TPSA) is 70.2 Å². The minimum absolute atomic E-state index is 0.184. The van der Waals surface area contributed by atoms with Gasteiger partial charge in [0.05, 0.1) is 15.7 Å². The number of nitrogens with one attached hydrogen (secondary N) is 3. The quantitative estimate of drug-likeness (QED) is 0.698. The lowest BCUT2D eigenvalue weighted by molar-refractivity contribution is -0.114. The molecule has 0 radical (unpaired) electrons. The van der Waals surface area contributed by atoms with E-state index in [0.717, 1.165) is 0 Å². The summed E-state index contributed by atoms with van der Waals surface area (Å²) in [4.78, 5) is 23.0. The largest absolute Gasteiger partial charge is 0.326 e. The molecule has 0 bridgehead atoms. The molecule has 0 heterocycles. The minimum Gasteiger partial charge on any atom is -0.326 e. The van der Waals surface area contributed by atoms with E-state index in [0.29, 0.717) is 22.0 Å². The van der Waals surface area contributed by atoms with Crippen molar-refractivity contribution in [3.8, 4) is 0 Å². The highest BCUT2D eigenvalue weighted by atomic mass is 35.5. The van der Waals surface area contributed by atoms with Crippen LogP contribution in [0.15, 0.2) is 36.4 Å². The van der Waals surface area contributed by atoms with Gasteiger partial charge in [-0.25, -0.2) is 0 Å². The van der Waals surface area contributed by atoms with Crippen LogP contribution in [0, 0.1) is 0 Å². The number of carbonyl (C=O) groups is 2. The van der Waals surface area contributed by atoms with Gasteiger partial charge in [-0.3, -0.25) is 20.4 Å². The Labute approximate surface area is 147 Å². The Balaban J connectivity index is 2.04. The third-order valence-corrected chi connectivity index (χ3v) is 3.59. The van der Waals surface area contributed by atoms with Crippen molar-refractivity contribution in [2.75, 3.05) is 10.7 Å². The second kappa shape index (κ2) is 7.55. The summed E-state index contributed by atoms with van der Waals surface area (Å²) in [6, 6.07) is 9.41. The smallest absolute Gasteiger partial charge is 0.269 e. The predicted octanol–water partition coefficient (Wildman–Crippen LogP) is 4.36. The van der Waals surface area contributed by atoms with Gasteiger partial charge in [0.25, 0.3) is 5.91 Å². The van der Waals surface area contributed by atoms with Gasteiger partial charge in [0, 0.05) is 23.2 Å². The van der Waals surface area contributed by atoms with Crippen LogP contribution in [0.25, 0.3) is 0 Å². The van der Waals surface area contributed by atoms with E-state index in [1.807, 2.05) is 0 Å². The van der Waals surface area contributed by atoms with E-state index >= 15 is 0 Å². The molecule has 0 aliphatic rings. The summed E-state index contributed by atoms with van der Waals surface area (Å²) in [7, 11) is 0. The number of anilines is 2. The van der Waals surface area contributed by atoms with Crippen molar-refractivity contribution in [2.45, 2.75) is 6.92 Å². The molecule has 0 fully saturated rings. The van der Waals surface area contributed by atoms with Crippen LogP contribution < -0.4 is 16.2 Å². The van der Waals surface area contributed by atoms with Gasteiger partial charge in [0.1, 0.15) is 0 Å². The zero-order chi connectivity index (χ0) is 17.0. The summed E-state index contributed by atoms with van der Waals surface area (Å²) >= 11 is 17.8. The Kier molecular flexibility index (Phi) is 5.71. The van der Waals surface area contributed by atoms with E-state index in [2.05, 4.69) is 16.2 Å². The first-order valence-corrected chi connectivity index (χ1v) is 7.59. The summed E-state index contributed by atoms with van der Waals surface area (Å²) in [5, 5.41) is 3.57. The second-order valence-corrected chi connectivity index (χ2v) is 5.83. The highest BCUT2D eigenvalue weighted by molar-refractivity contribution is 6.41. The van der Waals surface area contributed by atoms with Crippen molar-refractivity contribution in [1.82, 2.24) is 5.43 Å². The number of hydrazine groups is 1. The highest BCUT2D eigenvalue weighted by Gasteiger charge is 2.10. The minimum atomic E-state index is -0.388. The first-order valence-electron chi connectivity index (χ1n) is 6.45. The summed E-state index contributed by atoms with van der Waals surface area (Å²) in [5.74, 6) is -0.572. The third-order valence-electron chi connectivity index (χ3n) is 2.78. The lowest BCUT2D eigenvalue weighted by Crippen LogP contribution is -2.29. The van der Waals surface area contributed by atoms with Gasteiger partial charge < -0.3 is 5.32 Å². The fourth-order valence-corrected chi connectivity index (χ4v) is 2.67. The SMILES string of the molecule is CC(=O)Nc1ccc(C(=O)NNc2c(Cl)cc(Cl)cc2Cl)cc1. The first-order chi connectivity index (χ1) is 10.9. The molecule has 0 saturated carbocycles. The number of amides is 2. The van der Waals surface area contributed by atoms with E-state index in [1.54, 1.807) is 24.3 Å². The number of hydrogen-bond acceptors (Lipinski definition) is 3. The average Bonchev–Trinajstić information content (AvgIpc) is 2.46. The number of benzene rings is 2. The zero-order valence-electron chi connectivity index (χ0n) is 11.9. The molecule has 0 aliphatic carbocycles. The van der Waals surface area contributed by atoms with E-state index < -0.39 is 0 Å². The Morgan fingerprint density at radius 2 is 1.52 bits per heavy atom. The Bertz CT molecular complexity index is 725. The van der Waals surface area contributed by atoms with E-state index in [1.165, 1.54) is 19.1 Å². The molecule has 0 unspecified atom stereocenters. The fourth-order valence-electron chi connectivity index (χ4n) is 1.76. The van der Waals surface area contributed by atoms with Crippen molar-refractivity contribution in [3.05, 3.63) is 57.0 Å². The van der Waals surface area contributed by atoms with Crippen LogP contribution in [0.4, 0.5) is 11.4 Å². The zero-order valence-corrected chi connectivity index (χ0v) is 14.2. The molecule has 0 spiro atoms. The van der Waals surface area contributed by atoms with Crippen molar-refractivity contribution in [2.24, 2.45) is 0 Å². The van der Waals surface area contributed by atoms with Crippen LogP contribution in [-0.4, -0.2) is 11.8 Å². The fraction of sp³-hybridized carbons (Fsp3) is 0.0667. The Morgan fingerprint density at radius 3 is 2.04 bits per heavy atom. The molecule has 120 valence electrons. The molecule has 2 rings (SSSR count). The maximum Gasteiger partial charge on any atom is 0.269 e. The normalized spacial score (nSPS) is 10.1. The molecular weight excluding hydrogens is 361 g/mol. The Hall–Kier alpha value is -1.95. The van der Waals surface area contributed by atoms with Crippen LogP contribution in [0.1, 0.15) is 17.3 Å². The molecule has 2 aromatic rings. The maximum atomic E-state index is 12.1. The summed E-state index contributed by atoms with van der Waals surface area (Å²) in [6.45, 7) is 1.41. The van der Waals surface area contributed by atoms with Gasteiger partial charge in [-0.15, -0.1) is 0 Å². The second-order valence-electron chi connectivity index (χ2n) is 4.58. The molecule has 0 atom stereocenters. The maximum absolute atomic E-state index is 12.1. The van der Waals surface area contributed by atoms with Gasteiger partial charge in [-0.2, -0.15) is 0 Å². The molecule has 0 aromatic heterocycles. The van der Waals surface area contributed by atoms with Gasteiger partial charge in [0.15, 0.2) is 0 Å². The molecule has 5 nitrogen and oxygen atoms in total. The van der Waals surface area contributed by atoms with Gasteiger partial charge in [0.2, 0.25) is 5.91 Å². The van der Waals surface area contributed by atoms with Gasteiger partial charge >= 0.3 is 0 Å². The number of halogens is 3. The summed E-state index contributed by atoms with van der Waals surface area (Å²) in [5.41, 5.74) is 6.50. The lowest BCUT2D eigenvalue weighted by Gasteiger charge is -2.12. The average molecular weight is 373 g/mol. The van der Waals surface area contributed by atoms with Crippen LogP contribution in [0.3, 0.4) is 0 Å². The van der Waals surface area contributed by atoms with Crippen molar-refractivity contribution >= 4 is 58.0 Å². The van der Waals surface area contributed by atoms with Crippen LogP contribution in [0.2, 0.25) is 15.1 Å². The molecule has 0 aliphatic heterocycles. The molecule has 3 N–H and O–H groups in total. The molecular formula is C15H12Cl3N3O2. The Morgan fingerprint density at radius 1 is 0.957 bits per heavy atom. The summed E-state index contributed by atoms with van der Waals surface area (Å²) in [6.07, 6.45) is 0. The van der Waals surface area contributed by atoms with Crippen molar-refractivity contribution < 1.29 is 9.59 Å². The van der Waals surface area contributed by atoms with E-state index in [-0.39, 0.29) is 21.9 Å².